The zero-order valence-corrected chi connectivity index (χ0v) is 10.9. The minimum Gasteiger partial charge on any atom is -0.382 e. The van der Waals surface area contributed by atoms with Crippen LogP contribution in [0, 0.1) is 0 Å². The fraction of sp³-hybridized carbons (Fsp3) is 1.00. The van der Waals surface area contributed by atoms with Crippen LogP contribution in [0.3, 0.4) is 0 Å². The first-order valence-electron chi connectivity index (χ1n) is 4.58. The maximum absolute atomic E-state index is 5.16. The minimum atomic E-state index is 0.194. The van der Waals surface area contributed by atoms with E-state index in [1.165, 1.54) is 0 Å². The van der Waals surface area contributed by atoms with E-state index < -0.39 is 0 Å². The van der Waals surface area contributed by atoms with Crippen molar-refractivity contribution in [1.29, 1.82) is 0 Å². The second-order valence-electron chi connectivity index (χ2n) is 2.31. The van der Waals surface area contributed by atoms with E-state index in [2.05, 4.69) is 0 Å². The van der Waals surface area contributed by atoms with Crippen LogP contribution < -0.4 is 0 Å². The van der Waals surface area contributed by atoms with Gasteiger partial charge in [-0.15, -0.1) is 23.2 Å². The standard InChI is InChI=1S/C8H18O4.CH2Cl2/c1-9-3-5-11-7-8-12-6-4-10-2;2-1-3/h3-8H2,1-2H3;1H2. The number of rotatable bonds is 9. The van der Waals surface area contributed by atoms with E-state index >= 15 is 0 Å². The highest BCUT2D eigenvalue weighted by Crippen LogP contribution is 1.79. The Kier molecular flexibility index (Phi) is 23.6. The fourth-order valence-corrected chi connectivity index (χ4v) is 0.606. The van der Waals surface area contributed by atoms with Gasteiger partial charge in [0.25, 0.3) is 0 Å². The molecule has 0 spiro atoms. The lowest BCUT2D eigenvalue weighted by Crippen LogP contribution is -2.10. The van der Waals surface area contributed by atoms with Gasteiger partial charge in [-0.3, -0.25) is 0 Å². The molecule has 0 aromatic rings. The van der Waals surface area contributed by atoms with Gasteiger partial charge in [-0.2, -0.15) is 0 Å². The second kappa shape index (κ2) is 19.9. The molecule has 0 saturated heterocycles. The first kappa shape index (κ1) is 17.8. The highest BCUT2D eigenvalue weighted by atomic mass is 35.5. The maximum Gasteiger partial charge on any atom is 0.0967 e. The molecule has 0 bridgehead atoms. The summed E-state index contributed by atoms with van der Waals surface area (Å²) in [5.74, 6) is 0. The Morgan fingerprint density at radius 1 is 0.667 bits per heavy atom. The third kappa shape index (κ3) is 25.1. The summed E-state index contributed by atoms with van der Waals surface area (Å²) in [5.41, 5.74) is 0. The molecule has 0 aliphatic rings. The molecule has 0 N–H and O–H groups in total. The molecule has 4 nitrogen and oxygen atoms in total. The normalized spacial score (nSPS) is 9.60. The Hall–Kier alpha value is 0.420. The highest BCUT2D eigenvalue weighted by Gasteiger charge is 1.88. The Bertz CT molecular complexity index is 86.2. The van der Waals surface area contributed by atoms with Crippen LogP contribution in [-0.2, 0) is 18.9 Å². The van der Waals surface area contributed by atoms with E-state index in [0.717, 1.165) is 0 Å². The van der Waals surface area contributed by atoms with Crippen molar-refractivity contribution in [2.45, 2.75) is 0 Å². The van der Waals surface area contributed by atoms with Gasteiger partial charge < -0.3 is 18.9 Å². The van der Waals surface area contributed by atoms with E-state index in [4.69, 9.17) is 42.1 Å². The van der Waals surface area contributed by atoms with E-state index in [-0.39, 0.29) is 5.34 Å². The van der Waals surface area contributed by atoms with Crippen LogP contribution in [0.1, 0.15) is 0 Å². The number of hydrogen-bond acceptors (Lipinski definition) is 4. The lowest BCUT2D eigenvalue weighted by molar-refractivity contribution is 0.0106. The van der Waals surface area contributed by atoms with Gasteiger partial charge in [0.05, 0.1) is 45.0 Å². The lowest BCUT2D eigenvalue weighted by Gasteiger charge is -2.04. The Balaban J connectivity index is 0. The van der Waals surface area contributed by atoms with Crippen LogP contribution in [0.15, 0.2) is 0 Å². The minimum absolute atomic E-state index is 0.194. The van der Waals surface area contributed by atoms with Gasteiger partial charge in [-0.25, -0.2) is 0 Å². The summed E-state index contributed by atoms with van der Waals surface area (Å²) in [6.45, 7) is 3.77. The molecule has 0 unspecified atom stereocenters. The van der Waals surface area contributed by atoms with Crippen LogP contribution >= 0.6 is 23.2 Å². The van der Waals surface area contributed by atoms with E-state index in [0.29, 0.717) is 39.6 Å². The van der Waals surface area contributed by atoms with E-state index in [9.17, 15) is 0 Å². The van der Waals surface area contributed by atoms with Gasteiger partial charge in [-0.1, -0.05) is 0 Å². The average Bonchev–Trinajstić information content (AvgIpc) is 2.23. The number of alkyl halides is 2. The summed E-state index contributed by atoms with van der Waals surface area (Å²) in [6.07, 6.45) is 0. The van der Waals surface area contributed by atoms with E-state index in [1.807, 2.05) is 0 Å². The molecule has 0 saturated carbocycles. The molecule has 0 aliphatic heterocycles. The summed E-state index contributed by atoms with van der Waals surface area (Å²) < 4.78 is 19.9. The van der Waals surface area contributed by atoms with Gasteiger partial charge in [0, 0.05) is 14.2 Å². The van der Waals surface area contributed by atoms with Crippen molar-refractivity contribution in [3.05, 3.63) is 0 Å². The van der Waals surface area contributed by atoms with Crippen LogP contribution in [0.4, 0.5) is 0 Å². The molecule has 0 rings (SSSR count). The SMILES string of the molecule is COCCOCCOCCOC.ClCCl. The zero-order valence-electron chi connectivity index (χ0n) is 9.34. The van der Waals surface area contributed by atoms with Crippen molar-refractivity contribution in [3.8, 4) is 0 Å². The Labute approximate surface area is 102 Å². The zero-order chi connectivity index (χ0) is 11.8. The maximum atomic E-state index is 5.16. The van der Waals surface area contributed by atoms with Crippen molar-refractivity contribution in [3.63, 3.8) is 0 Å². The Morgan fingerprint density at radius 2 is 0.933 bits per heavy atom. The van der Waals surface area contributed by atoms with Gasteiger partial charge in [-0.05, 0) is 0 Å². The van der Waals surface area contributed by atoms with Crippen LogP contribution in [0.5, 0.6) is 0 Å². The monoisotopic (exact) mass is 262 g/mol. The largest absolute Gasteiger partial charge is 0.382 e. The smallest absolute Gasteiger partial charge is 0.0967 e. The van der Waals surface area contributed by atoms with Gasteiger partial charge in [0.1, 0.15) is 0 Å². The van der Waals surface area contributed by atoms with Crippen molar-refractivity contribution in [2.24, 2.45) is 0 Å². The highest BCUT2D eigenvalue weighted by molar-refractivity contribution is 6.40. The molecule has 0 aliphatic carbocycles. The van der Waals surface area contributed by atoms with Crippen LogP contribution in [0.25, 0.3) is 0 Å². The molecule has 0 heterocycles. The topological polar surface area (TPSA) is 36.9 Å². The summed E-state index contributed by atoms with van der Waals surface area (Å²) >= 11 is 9.53. The molecule has 0 radical (unpaired) electrons. The molecule has 0 amide bonds. The summed E-state index contributed by atoms with van der Waals surface area (Å²) in [7, 11) is 3.30. The molecule has 0 atom stereocenters. The molecular weight excluding hydrogens is 243 g/mol. The number of hydrogen-bond donors (Lipinski definition) is 0. The molecule has 15 heavy (non-hydrogen) atoms. The predicted octanol–water partition coefficient (Wildman–Crippen LogP) is 1.73. The number of ether oxygens (including phenoxy) is 4. The molecule has 0 aromatic carbocycles. The van der Waals surface area contributed by atoms with E-state index in [1.54, 1.807) is 14.2 Å². The Morgan fingerprint density at radius 3 is 1.20 bits per heavy atom. The summed E-state index contributed by atoms with van der Waals surface area (Å²) in [5, 5.41) is 0.194. The molecular formula is C9H20Cl2O4. The molecule has 94 valence electrons. The quantitative estimate of drug-likeness (QED) is 0.469. The molecule has 0 fully saturated rings. The average molecular weight is 263 g/mol. The first-order chi connectivity index (χ1) is 7.33. The van der Waals surface area contributed by atoms with Crippen molar-refractivity contribution in [2.75, 3.05) is 59.2 Å². The van der Waals surface area contributed by atoms with Gasteiger partial charge in [0.2, 0.25) is 0 Å². The van der Waals surface area contributed by atoms with Crippen LogP contribution in [0.2, 0.25) is 0 Å². The molecule has 6 heteroatoms. The molecule has 0 aromatic heterocycles. The van der Waals surface area contributed by atoms with Crippen molar-refractivity contribution >= 4 is 23.2 Å². The third-order valence-electron chi connectivity index (χ3n) is 1.24. The van der Waals surface area contributed by atoms with Crippen molar-refractivity contribution < 1.29 is 18.9 Å². The summed E-state index contributed by atoms with van der Waals surface area (Å²) in [6, 6.07) is 0. The van der Waals surface area contributed by atoms with Gasteiger partial charge in [0.15, 0.2) is 0 Å². The number of halogens is 2. The lowest BCUT2D eigenvalue weighted by atomic mass is 10.7. The fourth-order valence-electron chi connectivity index (χ4n) is 0.606. The van der Waals surface area contributed by atoms with Crippen molar-refractivity contribution in [1.82, 2.24) is 0 Å². The second-order valence-corrected chi connectivity index (χ2v) is 3.12. The third-order valence-corrected chi connectivity index (χ3v) is 1.24. The predicted molar refractivity (Wildman–Crippen MR) is 62.0 cm³/mol. The van der Waals surface area contributed by atoms with Crippen LogP contribution in [-0.4, -0.2) is 59.2 Å². The first-order valence-corrected chi connectivity index (χ1v) is 5.65. The summed E-state index contributed by atoms with van der Waals surface area (Å²) in [4.78, 5) is 0. The van der Waals surface area contributed by atoms with Gasteiger partial charge >= 0.3 is 0 Å². The number of methoxy groups -OCH3 is 2.